The van der Waals surface area contributed by atoms with Crippen LogP contribution in [0.1, 0.15) is 5.89 Å². The maximum Gasteiger partial charge on any atom is 0.471 e. The van der Waals surface area contributed by atoms with E-state index in [0.29, 0.717) is 22.1 Å². The third-order valence-corrected chi connectivity index (χ3v) is 3.06. The second kappa shape index (κ2) is 5.92. The summed E-state index contributed by atoms with van der Waals surface area (Å²) in [6.45, 7) is 0. The Morgan fingerprint density at radius 1 is 1.00 bits per heavy atom. The van der Waals surface area contributed by atoms with Crippen molar-refractivity contribution in [2.45, 2.75) is 6.18 Å². The third-order valence-electron chi connectivity index (χ3n) is 2.81. The maximum atomic E-state index is 12.5. The van der Waals surface area contributed by atoms with Gasteiger partial charge < -0.3 is 9.26 Å². The fourth-order valence-corrected chi connectivity index (χ4v) is 1.92. The van der Waals surface area contributed by atoms with E-state index in [1.807, 2.05) is 0 Å². The number of aromatic nitrogens is 2. The number of hydrogen-bond acceptors (Lipinski definition) is 4. The molecule has 3 rings (SSSR count). The van der Waals surface area contributed by atoms with Gasteiger partial charge in [0.15, 0.2) is 0 Å². The first-order valence-corrected chi connectivity index (χ1v) is 6.74. The van der Waals surface area contributed by atoms with Crippen molar-refractivity contribution in [2.75, 3.05) is 0 Å². The Bertz CT molecular complexity index is 816. The molecule has 23 heavy (non-hydrogen) atoms. The molecule has 8 heteroatoms. The summed E-state index contributed by atoms with van der Waals surface area (Å²) in [6, 6.07) is 13.0. The third kappa shape index (κ3) is 3.62. The molecule has 0 aliphatic rings. The van der Waals surface area contributed by atoms with Crippen molar-refractivity contribution in [3.8, 4) is 22.9 Å². The summed E-state index contributed by atoms with van der Waals surface area (Å²) < 4.78 is 47.3. The zero-order valence-electron chi connectivity index (χ0n) is 11.3. The van der Waals surface area contributed by atoms with Crippen LogP contribution < -0.4 is 4.74 Å². The van der Waals surface area contributed by atoms with Crippen molar-refractivity contribution >= 4 is 11.6 Å². The molecule has 0 bridgehead atoms. The smallest absolute Gasteiger partial charge is 0.457 e. The molecule has 0 saturated heterocycles. The van der Waals surface area contributed by atoms with Crippen LogP contribution in [0.4, 0.5) is 13.2 Å². The molecule has 0 aliphatic heterocycles. The van der Waals surface area contributed by atoms with E-state index in [1.54, 1.807) is 42.5 Å². The van der Waals surface area contributed by atoms with E-state index in [1.165, 1.54) is 6.07 Å². The molecule has 0 atom stereocenters. The molecule has 0 spiro atoms. The van der Waals surface area contributed by atoms with Crippen molar-refractivity contribution in [3.05, 3.63) is 59.4 Å². The van der Waals surface area contributed by atoms with Gasteiger partial charge in [-0.25, -0.2) is 0 Å². The monoisotopic (exact) mass is 340 g/mol. The molecule has 0 fully saturated rings. The SMILES string of the molecule is FC(F)(F)c1nc(-c2cccc(Oc3ccc(Cl)cc3)c2)no1. The second-order valence-corrected chi connectivity index (χ2v) is 4.94. The molecule has 0 saturated carbocycles. The Labute approximate surface area is 133 Å². The van der Waals surface area contributed by atoms with E-state index in [-0.39, 0.29) is 5.82 Å². The van der Waals surface area contributed by atoms with Gasteiger partial charge in [0.2, 0.25) is 5.82 Å². The summed E-state index contributed by atoms with van der Waals surface area (Å²) in [7, 11) is 0. The number of halogens is 4. The Balaban J connectivity index is 1.85. The molecule has 0 unspecified atom stereocenters. The van der Waals surface area contributed by atoms with Gasteiger partial charge in [0, 0.05) is 10.6 Å². The molecule has 0 radical (unpaired) electrons. The largest absolute Gasteiger partial charge is 0.471 e. The van der Waals surface area contributed by atoms with Crippen LogP contribution in [0.15, 0.2) is 53.1 Å². The van der Waals surface area contributed by atoms with Gasteiger partial charge in [0.05, 0.1) is 0 Å². The van der Waals surface area contributed by atoms with Gasteiger partial charge in [-0.2, -0.15) is 18.2 Å². The second-order valence-electron chi connectivity index (χ2n) is 4.50. The first-order chi connectivity index (χ1) is 10.9. The topological polar surface area (TPSA) is 48.2 Å². The molecule has 4 nitrogen and oxygen atoms in total. The first-order valence-electron chi connectivity index (χ1n) is 6.36. The summed E-state index contributed by atoms with van der Waals surface area (Å²) in [5.41, 5.74) is 0.343. The molecule has 1 heterocycles. The predicted molar refractivity (Wildman–Crippen MR) is 76.3 cm³/mol. The molecule has 0 N–H and O–H groups in total. The zero-order valence-corrected chi connectivity index (χ0v) is 12.1. The van der Waals surface area contributed by atoms with E-state index in [4.69, 9.17) is 16.3 Å². The number of ether oxygens (including phenoxy) is 1. The van der Waals surface area contributed by atoms with Crippen LogP contribution >= 0.6 is 11.6 Å². The minimum atomic E-state index is -4.68. The molecule has 118 valence electrons. The highest BCUT2D eigenvalue weighted by Gasteiger charge is 2.38. The summed E-state index contributed by atoms with van der Waals surface area (Å²) in [6.07, 6.45) is -4.68. The summed E-state index contributed by atoms with van der Waals surface area (Å²) >= 11 is 5.78. The van der Waals surface area contributed by atoms with Gasteiger partial charge in [0.25, 0.3) is 0 Å². The molecular weight excluding hydrogens is 333 g/mol. The Morgan fingerprint density at radius 3 is 2.39 bits per heavy atom. The minimum absolute atomic E-state index is 0.168. The zero-order chi connectivity index (χ0) is 16.4. The van der Waals surface area contributed by atoms with Crippen LogP contribution in [0.5, 0.6) is 11.5 Å². The number of rotatable bonds is 3. The van der Waals surface area contributed by atoms with Crippen molar-refractivity contribution in [3.63, 3.8) is 0 Å². The predicted octanol–water partition coefficient (Wildman–Crippen LogP) is 5.20. The van der Waals surface area contributed by atoms with Crippen molar-refractivity contribution in [1.29, 1.82) is 0 Å². The summed E-state index contributed by atoms with van der Waals surface area (Å²) in [5, 5.41) is 3.90. The summed E-state index contributed by atoms with van der Waals surface area (Å²) in [4.78, 5) is 3.34. The Morgan fingerprint density at radius 2 is 1.74 bits per heavy atom. The lowest BCUT2D eigenvalue weighted by Gasteiger charge is -2.06. The van der Waals surface area contributed by atoms with Crippen LogP contribution in [-0.4, -0.2) is 10.1 Å². The lowest BCUT2D eigenvalue weighted by atomic mass is 10.2. The highest BCUT2D eigenvalue weighted by molar-refractivity contribution is 6.30. The number of benzene rings is 2. The standard InChI is InChI=1S/C15H8ClF3N2O2/c16-10-4-6-11(7-5-10)22-12-3-1-2-9(8-12)13-20-14(23-21-13)15(17,18)19/h1-8H. The van der Waals surface area contributed by atoms with E-state index in [0.717, 1.165) is 0 Å². The van der Waals surface area contributed by atoms with E-state index >= 15 is 0 Å². The maximum absolute atomic E-state index is 12.5. The fourth-order valence-electron chi connectivity index (χ4n) is 1.79. The van der Waals surface area contributed by atoms with Crippen molar-refractivity contribution in [2.24, 2.45) is 0 Å². The highest BCUT2D eigenvalue weighted by atomic mass is 35.5. The number of alkyl halides is 3. The van der Waals surface area contributed by atoms with E-state index in [9.17, 15) is 13.2 Å². The van der Waals surface area contributed by atoms with Crippen LogP contribution in [0, 0.1) is 0 Å². The fraction of sp³-hybridized carbons (Fsp3) is 0.0667. The Kier molecular flexibility index (Phi) is 3.96. The van der Waals surface area contributed by atoms with Crippen molar-refractivity contribution in [1.82, 2.24) is 10.1 Å². The molecule has 2 aromatic carbocycles. The average Bonchev–Trinajstić information content (AvgIpc) is 3.00. The van der Waals surface area contributed by atoms with Crippen LogP contribution in [0.3, 0.4) is 0 Å². The average molecular weight is 341 g/mol. The molecular formula is C15H8ClF3N2O2. The quantitative estimate of drug-likeness (QED) is 0.657. The van der Waals surface area contributed by atoms with E-state index < -0.39 is 12.1 Å². The molecule has 0 aliphatic carbocycles. The molecule has 3 aromatic rings. The summed E-state index contributed by atoms with van der Waals surface area (Å²) in [5.74, 6) is -0.603. The molecule has 0 amide bonds. The van der Waals surface area contributed by atoms with Gasteiger partial charge in [0.1, 0.15) is 11.5 Å². The van der Waals surface area contributed by atoms with Gasteiger partial charge in [-0.3, -0.25) is 0 Å². The Hall–Kier alpha value is -2.54. The van der Waals surface area contributed by atoms with E-state index in [2.05, 4.69) is 14.7 Å². The number of nitrogens with zero attached hydrogens (tertiary/aromatic N) is 2. The molecule has 1 aromatic heterocycles. The normalized spacial score (nSPS) is 11.5. The first kappa shape index (κ1) is 15.4. The lowest BCUT2D eigenvalue weighted by Crippen LogP contribution is -2.04. The van der Waals surface area contributed by atoms with Gasteiger partial charge >= 0.3 is 12.1 Å². The van der Waals surface area contributed by atoms with Gasteiger partial charge in [-0.1, -0.05) is 28.9 Å². The van der Waals surface area contributed by atoms with Crippen LogP contribution in [-0.2, 0) is 6.18 Å². The van der Waals surface area contributed by atoms with Crippen LogP contribution in [0.25, 0.3) is 11.4 Å². The lowest BCUT2D eigenvalue weighted by molar-refractivity contribution is -0.159. The van der Waals surface area contributed by atoms with Gasteiger partial charge in [-0.05, 0) is 36.4 Å². The minimum Gasteiger partial charge on any atom is -0.457 e. The number of hydrogen-bond donors (Lipinski definition) is 0. The van der Waals surface area contributed by atoms with Gasteiger partial charge in [-0.15, -0.1) is 0 Å². The van der Waals surface area contributed by atoms with Crippen LogP contribution in [0.2, 0.25) is 5.02 Å². The highest BCUT2D eigenvalue weighted by Crippen LogP contribution is 2.31. The van der Waals surface area contributed by atoms with Crippen molar-refractivity contribution < 1.29 is 22.4 Å².